The Morgan fingerprint density at radius 2 is 2.08 bits per heavy atom. The lowest BCUT2D eigenvalue weighted by atomic mass is 9.95. The molecule has 0 aromatic rings. The molecule has 1 atom stereocenters. The lowest BCUT2D eigenvalue weighted by Gasteiger charge is -2.33. The fraction of sp³-hybridized carbons (Fsp3) is 0.706. The van der Waals surface area contributed by atoms with Gasteiger partial charge >= 0.3 is 12.0 Å². The number of amides is 2. The largest absolute Gasteiger partial charge is 0.463 e. The molecule has 0 radical (unpaired) electrons. The summed E-state index contributed by atoms with van der Waals surface area (Å²) >= 11 is 0. The third kappa shape index (κ3) is 6.20. The van der Waals surface area contributed by atoms with Crippen LogP contribution in [0.4, 0.5) is 4.79 Å². The maximum Gasteiger partial charge on any atom is 0.337 e. The van der Waals surface area contributed by atoms with Gasteiger partial charge in [0.1, 0.15) is 0 Å². The average Bonchev–Trinajstić information content (AvgIpc) is 2.42. The first-order valence-corrected chi connectivity index (χ1v) is 8.25. The lowest BCUT2D eigenvalue weighted by Crippen LogP contribution is -2.51. The van der Waals surface area contributed by atoms with Gasteiger partial charge in [-0.15, -0.1) is 0 Å². The van der Waals surface area contributed by atoms with Crippen LogP contribution in [0.3, 0.4) is 0 Å². The lowest BCUT2D eigenvalue weighted by molar-refractivity contribution is -0.139. The molecule has 7 nitrogen and oxygen atoms in total. The van der Waals surface area contributed by atoms with Crippen LogP contribution in [-0.2, 0) is 9.53 Å². The summed E-state index contributed by atoms with van der Waals surface area (Å²) < 4.78 is 5.12. The van der Waals surface area contributed by atoms with Gasteiger partial charge in [0.15, 0.2) is 0 Å². The number of nitrogens with one attached hydrogen (secondary N) is 2. The van der Waals surface area contributed by atoms with E-state index in [4.69, 9.17) is 10.00 Å². The first-order chi connectivity index (χ1) is 11.2. The van der Waals surface area contributed by atoms with Gasteiger partial charge in [-0.2, -0.15) is 5.26 Å². The zero-order valence-corrected chi connectivity index (χ0v) is 15.2. The highest BCUT2D eigenvalue weighted by molar-refractivity contribution is 5.94. The van der Waals surface area contributed by atoms with E-state index in [0.29, 0.717) is 30.8 Å². The number of carbonyl (C=O) groups is 2. The summed E-state index contributed by atoms with van der Waals surface area (Å²) in [5, 5.41) is 14.3. The van der Waals surface area contributed by atoms with Crippen molar-refractivity contribution in [1.82, 2.24) is 15.5 Å². The summed E-state index contributed by atoms with van der Waals surface area (Å²) in [7, 11) is 0. The molecule has 0 saturated heterocycles. The zero-order chi connectivity index (χ0) is 18.3. The molecule has 0 bridgehead atoms. The maximum atomic E-state index is 12.3. The second kappa shape index (κ2) is 8.69. The van der Waals surface area contributed by atoms with E-state index >= 15 is 0 Å². The SMILES string of the molecule is CCOC(=O)C1=C(CN(CCC#N)CC(C)(C)C)NC(=O)NC1C. The van der Waals surface area contributed by atoms with E-state index in [1.807, 2.05) is 0 Å². The minimum absolute atomic E-state index is 0.0304. The number of nitrogens with zero attached hydrogens (tertiary/aromatic N) is 2. The van der Waals surface area contributed by atoms with Crippen LogP contribution in [0.2, 0.25) is 0 Å². The summed E-state index contributed by atoms with van der Waals surface area (Å²) in [6.45, 7) is 11.8. The van der Waals surface area contributed by atoms with E-state index < -0.39 is 12.0 Å². The van der Waals surface area contributed by atoms with Gasteiger partial charge < -0.3 is 15.4 Å². The number of urea groups is 1. The highest BCUT2D eigenvalue weighted by Crippen LogP contribution is 2.19. The van der Waals surface area contributed by atoms with Crippen LogP contribution in [0.1, 0.15) is 41.0 Å². The molecule has 1 heterocycles. The highest BCUT2D eigenvalue weighted by Gasteiger charge is 2.31. The minimum atomic E-state index is -0.427. The highest BCUT2D eigenvalue weighted by atomic mass is 16.5. The number of hydrogen-bond donors (Lipinski definition) is 2. The molecule has 134 valence electrons. The van der Waals surface area contributed by atoms with Gasteiger partial charge in [-0.3, -0.25) is 4.90 Å². The van der Waals surface area contributed by atoms with Gasteiger partial charge in [-0.25, -0.2) is 9.59 Å². The van der Waals surface area contributed by atoms with Gasteiger partial charge in [-0.1, -0.05) is 20.8 Å². The Balaban J connectivity index is 3.08. The van der Waals surface area contributed by atoms with Crippen LogP contribution < -0.4 is 10.6 Å². The number of rotatable bonds is 7. The Labute approximate surface area is 144 Å². The van der Waals surface area contributed by atoms with Crippen LogP contribution in [-0.4, -0.2) is 49.2 Å². The molecular weight excluding hydrogens is 308 g/mol. The van der Waals surface area contributed by atoms with Crippen LogP contribution in [0.15, 0.2) is 11.3 Å². The van der Waals surface area contributed by atoms with E-state index in [9.17, 15) is 9.59 Å². The van der Waals surface area contributed by atoms with Crippen molar-refractivity contribution in [2.24, 2.45) is 5.41 Å². The van der Waals surface area contributed by atoms with Crippen molar-refractivity contribution in [2.45, 2.75) is 47.1 Å². The molecule has 0 spiro atoms. The third-order valence-corrected chi connectivity index (χ3v) is 3.49. The van der Waals surface area contributed by atoms with Crippen molar-refractivity contribution in [2.75, 3.05) is 26.2 Å². The summed E-state index contributed by atoms with van der Waals surface area (Å²) in [6, 6.07) is 1.40. The number of ether oxygens (including phenoxy) is 1. The molecule has 1 rings (SSSR count). The first kappa shape index (κ1) is 20.0. The predicted octanol–water partition coefficient (Wildman–Crippen LogP) is 1.77. The van der Waals surface area contributed by atoms with Crippen LogP contribution in [0.25, 0.3) is 0 Å². The molecule has 0 aromatic carbocycles. The quantitative estimate of drug-likeness (QED) is 0.691. The van der Waals surface area contributed by atoms with E-state index in [-0.39, 0.29) is 18.1 Å². The van der Waals surface area contributed by atoms with Crippen molar-refractivity contribution in [3.8, 4) is 6.07 Å². The summed E-state index contributed by atoms with van der Waals surface area (Å²) in [4.78, 5) is 26.2. The van der Waals surface area contributed by atoms with E-state index in [1.54, 1.807) is 13.8 Å². The first-order valence-electron chi connectivity index (χ1n) is 8.25. The molecule has 1 aliphatic heterocycles. The summed E-state index contributed by atoms with van der Waals surface area (Å²) in [5.74, 6) is -0.427. The maximum absolute atomic E-state index is 12.3. The molecular formula is C17H28N4O3. The smallest absolute Gasteiger partial charge is 0.337 e. The van der Waals surface area contributed by atoms with Crippen LogP contribution in [0.5, 0.6) is 0 Å². The monoisotopic (exact) mass is 336 g/mol. The van der Waals surface area contributed by atoms with Crippen molar-refractivity contribution in [3.63, 3.8) is 0 Å². The third-order valence-electron chi connectivity index (χ3n) is 3.49. The summed E-state index contributed by atoms with van der Waals surface area (Å²) in [6.07, 6.45) is 0.389. The molecule has 0 aliphatic carbocycles. The zero-order valence-electron chi connectivity index (χ0n) is 15.2. The van der Waals surface area contributed by atoms with Gasteiger partial charge in [0.05, 0.1) is 24.3 Å². The van der Waals surface area contributed by atoms with Gasteiger partial charge in [0.2, 0.25) is 0 Å². The minimum Gasteiger partial charge on any atom is -0.463 e. The fourth-order valence-electron chi connectivity index (χ4n) is 2.72. The second-order valence-corrected chi connectivity index (χ2v) is 7.11. The molecule has 0 aromatic heterocycles. The molecule has 0 saturated carbocycles. The Kier molecular flexibility index (Phi) is 7.23. The van der Waals surface area contributed by atoms with Gasteiger partial charge in [-0.05, 0) is 19.3 Å². The molecule has 24 heavy (non-hydrogen) atoms. The Bertz CT molecular complexity index is 543. The van der Waals surface area contributed by atoms with Crippen LogP contribution in [0, 0.1) is 16.7 Å². The molecule has 1 unspecified atom stereocenters. The second-order valence-electron chi connectivity index (χ2n) is 7.11. The number of carbonyl (C=O) groups excluding carboxylic acids is 2. The molecule has 1 aliphatic rings. The summed E-state index contributed by atoms with van der Waals surface area (Å²) in [5.41, 5.74) is 1.02. The van der Waals surface area contributed by atoms with Gasteiger partial charge in [0, 0.05) is 31.8 Å². The molecule has 2 N–H and O–H groups in total. The van der Waals surface area contributed by atoms with Crippen LogP contribution >= 0.6 is 0 Å². The molecule has 7 heteroatoms. The fourth-order valence-corrected chi connectivity index (χ4v) is 2.72. The topological polar surface area (TPSA) is 94.5 Å². The number of nitriles is 1. The Hall–Kier alpha value is -2.07. The van der Waals surface area contributed by atoms with Crippen molar-refractivity contribution >= 4 is 12.0 Å². The predicted molar refractivity (Wildman–Crippen MR) is 90.9 cm³/mol. The Morgan fingerprint density at radius 3 is 2.62 bits per heavy atom. The Morgan fingerprint density at radius 1 is 1.42 bits per heavy atom. The van der Waals surface area contributed by atoms with E-state index in [1.165, 1.54) is 0 Å². The number of hydrogen-bond acceptors (Lipinski definition) is 5. The molecule has 2 amide bonds. The normalized spacial score (nSPS) is 18.0. The standard InChI is InChI=1S/C17H28N4O3/c1-6-24-15(22)14-12(2)19-16(23)20-13(14)10-21(9-7-8-18)11-17(3,4)5/h12H,6-7,9-11H2,1-5H3,(H2,19,20,23). The van der Waals surface area contributed by atoms with Crippen molar-refractivity contribution in [3.05, 3.63) is 11.3 Å². The number of esters is 1. The van der Waals surface area contributed by atoms with Gasteiger partial charge in [0.25, 0.3) is 0 Å². The molecule has 0 fully saturated rings. The average molecular weight is 336 g/mol. The van der Waals surface area contributed by atoms with Crippen molar-refractivity contribution in [1.29, 1.82) is 5.26 Å². The van der Waals surface area contributed by atoms with E-state index in [0.717, 1.165) is 6.54 Å². The van der Waals surface area contributed by atoms with E-state index in [2.05, 4.69) is 42.4 Å². The van der Waals surface area contributed by atoms with Crippen molar-refractivity contribution < 1.29 is 14.3 Å².